The van der Waals surface area contributed by atoms with Gasteiger partial charge in [-0.05, 0) is 18.6 Å². The van der Waals surface area contributed by atoms with Crippen LogP contribution < -0.4 is 10.5 Å². The van der Waals surface area contributed by atoms with Gasteiger partial charge in [0.25, 0.3) is 0 Å². The van der Waals surface area contributed by atoms with Crippen LogP contribution in [0.4, 0.5) is 5.82 Å². The van der Waals surface area contributed by atoms with Crippen LogP contribution in [0.1, 0.15) is 25.6 Å². The van der Waals surface area contributed by atoms with Gasteiger partial charge in [0, 0.05) is 37.9 Å². The van der Waals surface area contributed by atoms with Crippen LogP contribution in [0.3, 0.4) is 0 Å². The van der Waals surface area contributed by atoms with Crippen LogP contribution >= 0.6 is 0 Å². The molecule has 1 unspecified atom stereocenters. The Morgan fingerprint density at radius 1 is 1.33 bits per heavy atom. The number of ether oxygens (including phenoxy) is 3. The van der Waals surface area contributed by atoms with E-state index in [2.05, 4.69) is 22.5 Å². The van der Waals surface area contributed by atoms with E-state index >= 15 is 0 Å². The van der Waals surface area contributed by atoms with Gasteiger partial charge in [0.05, 0.1) is 30.9 Å². The fourth-order valence-corrected chi connectivity index (χ4v) is 3.66. The highest BCUT2D eigenvalue weighted by Crippen LogP contribution is 2.32. The van der Waals surface area contributed by atoms with Crippen LogP contribution in [-0.4, -0.2) is 47.6 Å². The predicted molar refractivity (Wildman–Crippen MR) is 105 cm³/mol. The first kappa shape index (κ1) is 18.0. The van der Waals surface area contributed by atoms with E-state index in [1.165, 1.54) is 0 Å². The molecule has 1 aromatic carbocycles. The highest BCUT2D eigenvalue weighted by atomic mass is 16.5. The number of rotatable bonds is 7. The highest BCUT2D eigenvalue weighted by Gasteiger charge is 2.19. The molecule has 0 bridgehead atoms. The molecular formula is C20H26N4O3. The number of nitrogens with two attached hydrogens (primary N) is 1. The van der Waals surface area contributed by atoms with E-state index in [1.54, 1.807) is 7.11 Å². The van der Waals surface area contributed by atoms with Gasteiger partial charge in [-0.25, -0.2) is 9.97 Å². The molecule has 0 aliphatic carbocycles. The van der Waals surface area contributed by atoms with Crippen molar-refractivity contribution in [2.45, 2.75) is 38.8 Å². The fourth-order valence-electron chi connectivity index (χ4n) is 3.66. The Hall–Kier alpha value is -2.38. The number of aryl methyl sites for hydroxylation is 1. The van der Waals surface area contributed by atoms with Crippen LogP contribution in [0.15, 0.2) is 18.2 Å². The molecule has 1 atom stereocenters. The molecule has 0 radical (unpaired) electrons. The Bertz CT molecular complexity index is 947. The number of fused-ring (bicyclic) bond motifs is 3. The molecule has 7 nitrogen and oxygen atoms in total. The Kier molecular flexibility index (Phi) is 5.13. The SMILES string of the molecule is CCCn1c(CCOC)nc2c(N)nc3cc(OC4CCOC4)ccc3c21. The standard InChI is InChI=1S/C20H26N4O3/c1-3-8-24-17(7-9-25-2)23-18-19(24)15-5-4-13(11-16(15)22-20(18)21)27-14-6-10-26-12-14/h4-5,11,14H,3,6-10,12H2,1-2H3,(H2,21,22). The van der Waals surface area contributed by atoms with E-state index in [1.807, 2.05) is 12.1 Å². The molecule has 3 aromatic rings. The summed E-state index contributed by atoms with van der Waals surface area (Å²) in [7, 11) is 1.70. The Morgan fingerprint density at radius 3 is 2.96 bits per heavy atom. The van der Waals surface area contributed by atoms with Crippen LogP contribution in [0.25, 0.3) is 21.9 Å². The molecule has 2 aromatic heterocycles. The minimum atomic E-state index is 0.106. The van der Waals surface area contributed by atoms with Gasteiger partial charge in [-0.3, -0.25) is 0 Å². The third kappa shape index (κ3) is 3.44. The summed E-state index contributed by atoms with van der Waals surface area (Å²) in [4.78, 5) is 9.37. The highest BCUT2D eigenvalue weighted by molar-refractivity contribution is 6.06. The van der Waals surface area contributed by atoms with Gasteiger partial charge in [0.2, 0.25) is 0 Å². The molecule has 4 rings (SSSR count). The average Bonchev–Trinajstić information content (AvgIpc) is 3.29. The molecule has 1 aliphatic heterocycles. The minimum absolute atomic E-state index is 0.106. The Morgan fingerprint density at radius 2 is 2.22 bits per heavy atom. The number of nitrogen functional groups attached to an aromatic ring is 1. The first-order chi connectivity index (χ1) is 13.2. The molecule has 0 amide bonds. The summed E-state index contributed by atoms with van der Waals surface area (Å²) in [6.45, 7) is 5.06. The number of hydrogen-bond acceptors (Lipinski definition) is 6. The van der Waals surface area contributed by atoms with E-state index in [-0.39, 0.29) is 6.10 Å². The Balaban J connectivity index is 1.81. The zero-order valence-electron chi connectivity index (χ0n) is 15.9. The number of pyridine rings is 1. The first-order valence-corrected chi connectivity index (χ1v) is 9.53. The van der Waals surface area contributed by atoms with Crippen molar-refractivity contribution in [1.29, 1.82) is 0 Å². The van der Waals surface area contributed by atoms with Crippen molar-refractivity contribution in [3.63, 3.8) is 0 Å². The second-order valence-electron chi connectivity index (χ2n) is 6.90. The second kappa shape index (κ2) is 7.70. The molecule has 1 fully saturated rings. The summed E-state index contributed by atoms with van der Waals surface area (Å²) in [5.74, 6) is 2.23. The van der Waals surface area contributed by atoms with Crippen molar-refractivity contribution in [2.75, 3.05) is 32.7 Å². The van der Waals surface area contributed by atoms with Crippen molar-refractivity contribution >= 4 is 27.8 Å². The lowest BCUT2D eigenvalue weighted by Gasteiger charge is -2.13. The van der Waals surface area contributed by atoms with Crippen LogP contribution in [0, 0.1) is 0 Å². The first-order valence-electron chi connectivity index (χ1n) is 9.53. The van der Waals surface area contributed by atoms with Gasteiger partial charge in [-0.2, -0.15) is 0 Å². The zero-order valence-corrected chi connectivity index (χ0v) is 15.9. The third-order valence-electron chi connectivity index (χ3n) is 4.92. The monoisotopic (exact) mass is 370 g/mol. The number of aromatic nitrogens is 3. The molecule has 0 saturated carbocycles. The fraction of sp³-hybridized carbons (Fsp3) is 0.500. The number of methoxy groups -OCH3 is 1. The molecule has 2 N–H and O–H groups in total. The van der Waals surface area contributed by atoms with Crippen molar-refractivity contribution in [3.8, 4) is 5.75 Å². The van der Waals surface area contributed by atoms with Crippen molar-refractivity contribution in [3.05, 3.63) is 24.0 Å². The Labute approximate surface area is 158 Å². The predicted octanol–water partition coefficient (Wildman–Crippen LogP) is 2.93. The number of hydrogen-bond donors (Lipinski definition) is 1. The number of benzene rings is 1. The van der Waals surface area contributed by atoms with Crippen LogP contribution in [-0.2, 0) is 22.4 Å². The average molecular weight is 370 g/mol. The molecule has 1 saturated heterocycles. The lowest BCUT2D eigenvalue weighted by atomic mass is 10.1. The number of imidazole rings is 1. The van der Waals surface area contributed by atoms with E-state index in [0.717, 1.165) is 65.9 Å². The summed E-state index contributed by atoms with van der Waals surface area (Å²) in [6, 6.07) is 6.01. The van der Waals surface area contributed by atoms with Gasteiger partial charge >= 0.3 is 0 Å². The maximum absolute atomic E-state index is 6.26. The van der Waals surface area contributed by atoms with Crippen molar-refractivity contribution in [2.24, 2.45) is 0 Å². The van der Waals surface area contributed by atoms with E-state index in [9.17, 15) is 0 Å². The molecule has 7 heteroatoms. The summed E-state index contributed by atoms with van der Waals surface area (Å²) < 4.78 is 18.9. The van der Waals surface area contributed by atoms with Gasteiger partial charge in [-0.15, -0.1) is 0 Å². The van der Waals surface area contributed by atoms with Gasteiger partial charge in [-0.1, -0.05) is 6.92 Å². The normalized spacial score (nSPS) is 17.2. The van der Waals surface area contributed by atoms with Gasteiger partial charge in [0.15, 0.2) is 5.82 Å². The summed E-state index contributed by atoms with van der Waals surface area (Å²) >= 11 is 0. The maximum atomic E-state index is 6.26. The summed E-state index contributed by atoms with van der Waals surface area (Å²) in [5.41, 5.74) is 8.90. The third-order valence-corrected chi connectivity index (χ3v) is 4.92. The van der Waals surface area contributed by atoms with Crippen LogP contribution in [0.5, 0.6) is 5.75 Å². The molecule has 27 heavy (non-hydrogen) atoms. The summed E-state index contributed by atoms with van der Waals surface area (Å²) in [6.07, 6.45) is 2.78. The molecule has 3 heterocycles. The smallest absolute Gasteiger partial charge is 0.152 e. The number of anilines is 1. The minimum Gasteiger partial charge on any atom is -0.488 e. The van der Waals surface area contributed by atoms with Crippen molar-refractivity contribution in [1.82, 2.24) is 14.5 Å². The summed E-state index contributed by atoms with van der Waals surface area (Å²) in [5, 5.41) is 1.04. The van der Waals surface area contributed by atoms with Crippen LogP contribution in [0.2, 0.25) is 0 Å². The van der Waals surface area contributed by atoms with E-state index < -0.39 is 0 Å². The molecule has 0 spiro atoms. The largest absolute Gasteiger partial charge is 0.488 e. The van der Waals surface area contributed by atoms with E-state index in [4.69, 9.17) is 24.9 Å². The topological polar surface area (TPSA) is 84.4 Å². The molecule has 1 aliphatic rings. The van der Waals surface area contributed by atoms with Gasteiger partial charge in [0.1, 0.15) is 23.2 Å². The zero-order chi connectivity index (χ0) is 18.8. The lowest BCUT2D eigenvalue weighted by Crippen LogP contribution is -2.15. The van der Waals surface area contributed by atoms with Gasteiger partial charge < -0.3 is 24.5 Å². The van der Waals surface area contributed by atoms with Crippen molar-refractivity contribution < 1.29 is 14.2 Å². The maximum Gasteiger partial charge on any atom is 0.152 e. The molecular weight excluding hydrogens is 344 g/mol. The quantitative estimate of drug-likeness (QED) is 0.688. The second-order valence-corrected chi connectivity index (χ2v) is 6.90. The molecule has 144 valence electrons. The van der Waals surface area contributed by atoms with E-state index in [0.29, 0.717) is 19.0 Å². The number of nitrogens with zero attached hydrogens (tertiary/aromatic N) is 3. The lowest BCUT2D eigenvalue weighted by molar-refractivity contribution is 0.141.